The van der Waals surface area contributed by atoms with Crippen molar-refractivity contribution in [2.45, 2.75) is 45.1 Å². The molecule has 6 heteroatoms. The van der Waals surface area contributed by atoms with Gasteiger partial charge in [0.15, 0.2) is 0 Å². The fourth-order valence-corrected chi connectivity index (χ4v) is 3.76. The van der Waals surface area contributed by atoms with Gasteiger partial charge in [-0.2, -0.15) is 0 Å². The zero-order valence-corrected chi connectivity index (χ0v) is 15.1. The summed E-state index contributed by atoms with van der Waals surface area (Å²) in [6, 6.07) is 5.66. The Kier molecular flexibility index (Phi) is 5.46. The zero-order valence-electron chi connectivity index (χ0n) is 15.1. The van der Waals surface area contributed by atoms with E-state index in [1.54, 1.807) is 7.11 Å². The first-order valence-electron chi connectivity index (χ1n) is 9.08. The van der Waals surface area contributed by atoms with Crippen molar-refractivity contribution >= 4 is 17.6 Å². The molecule has 0 spiro atoms. The number of carbonyl (C=O) groups excluding carboxylic acids is 2. The Morgan fingerprint density at radius 3 is 2.80 bits per heavy atom. The highest BCUT2D eigenvalue weighted by molar-refractivity contribution is 5.90. The second kappa shape index (κ2) is 7.76. The molecule has 2 saturated heterocycles. The molecule has 0 aromatic heterocycles. The van der Waals surface area contributed by atoms with Gasteiger partial charge in [-0.1, -0.05) is 0 Å². The molecule has 0 aliphatic carbocycles. The SMILES string of the molecule is COc1ccc(NC(=O)N2CCCC[C@H]2CN2CCCC2=O)cc1C. The van der Waals surface area contributed by atoms with E-state index in [9.17, 15) is 9.59 Å². The molecule has 2 aliphatic heterocycles. The van der Waals surface area contributed by atoms with Crippen LogP contribution in [-0.2, 0) is 4.79 Å². The number of piperidine rings is 1. The first-order valence-corrected chi connectivity index (χ1v) is 9.08. The number of methoxy groups -OCH3 is 1. The van der Waals surface area contributed by atoms with Gasteiger partial charge in [-0.15, -0.1) is 0 Å². The van der Waals surface area contributed by atoms with Crippen molar-refractivity contribution in [2.75, 3.05) is 32.1 Å². The Morgan fingerprint density at radius 2 is 2.12 bits per heavy atom. The summed E-state index contributed by atoms with van der Waals surface area (Å²) in [5.74, 6) is 1.03. The first-order chi connectivity index (χ1) is 12.1. The average molecular weight is 345 g/mol. The van der Waals surface area contributed by atoms with Crippen molar-refractivity contribution in [3.05, 3.63) is 23.8 Å². The predicted molar refractivity (Wildman–Crippen MR) is 96.9 cm³/mol. The van der Waals surface area contributed by atoms with Gasteiger partial charge >= 0.3 is 6.03 Å². The number of hydrogen-bond acceptors (Lipinski definition) is 3. The molecule has 1 atom stereocenters. The summed E-state index contributed by atoms with van der Waals surface area (Å²) < 4.78 is 5.26. The van der Waals surface area contributed by atoms with Crippen LogP contribution in [0.5, 0.6) is 5.75 Å². The van der Waals surface area contributed by atoms with Gasteiger partial charge in [-0.3, -0.25) is 4.79 Å². The van der Waals surface area contributed by atoms with Gasteiger partial charge in [-0.05, 0) is 56.4 Å². The van der Waals surface area contributed by atoms with Gasteiger partial charge in [-0.25, -0.2) is 4.79 Å². The van der Waals surface area contributed by atoms with E-state index in [0.717, 1.165) is 55.8 Å². The number of carbonyl (C=O) groups is 2. The number of ether oxygens (including phenoxy) is 1. The van der Waals surface area contributed by atoms with Crippen LogP contribution >= 0.6 is 0 Å². The van der Waals surface area contributed by atoms with Gasteiger partial charge in [0.1, 0.15) is 5.75 Å². The van der Waals surface area contributed by atoms with Crippen LogP contribution in [0.15, 0.2) is 18.2 Å². The Bertz CT molecular complexity index is 647. The number of amides is 3. The lowest BCUT2D eigenvalue weighted by Crippen LogP contribution is -2.51. The number of benzene rings is 1. The van der Waals surface area contributed by atoms with E-state index in [0.29, 0.717) is 13.0 Å². The molecule has 2 heterocycles. The third-order valence-corrected chi connectivity index (χ3v) is 5.14. The molecule has 3 rings (SSSR count). The Labute approximate surface area is 149 Å². The van der Waals surface area contributed by atoms with Crippen molar-refractivity contribution in [3.63, 3.8) is 0 Å². The summed E-state index contributed by atoms with van der Waals surface area (Å²) in [6.07, 6.45) is 4.66. The topological polar surface area (TPSA) is 61.9 Å². The van der Waals surface area contributed by atoms with Crippen molar-refractivity contribution < 1.29 is 14.3 Å². The van der Waals surface area contributed by atoms with Crippen LogP contribution in [-0.4, -0.2) is 54.5 Å². The lowest BCUT2D eigenvalue weighted by Gasteiger charge is -2.37. The highest BCUT2D eigenvalue weighted by atomic mass is 16.5. The highest BCUT2D eigenvalue weighted by Gasteiger charge is 2.31. The standard InChI is InChI=1S/C19H27N3O3/c1-14-12-15(8-9-17(14)25-2)20-19(24)22-11-4-3-6-16(22)13-21-10-5-7-18(21)23/h8-9,12,16H,3-7,10-11,13H2,1-2H3,(H,20,24)/t16-/m0/s1. The van der Waals surface area contributed by atoms with Crippen molar-refractivity contribution in [1.82, 2.24) is 9.80 Å². The monoisotopic (exact) mass is 345 g/mol. The van der Waals surface area contributed by atoms with Crippen LogP contribution in [0.4, 0.5) is 10.5 Å². The molecular weight excluding hydrogens is 318 g/mol. The van der Waals surface area contributed by atoms with Gasteiger partial charge in [0.2, 0.25) is 5.91 Å². The summed E-state index contributed by atoms with van der Waals surface area (Å²) >= 11 is 0. The second-order valence-electron chi connectivity index (χ2n) is 6.90. The van der Waals surface area contributed by atoms with Crippen LogP contribution in [0.1, 0.15) is 37.7 Å². The molecule has 136 valence electrons. The number of aryl methyl sites for hydroxylation is 1. The van der Waals surface area contributed by atoms with E-state index in [4.69, 9.17) is 4.74 Å². The van der Waals surface area contributed by atoms with Crippen molar-refractivity contribution in [3.8, 4) is 5.75 Å². The molecule has 1 aromatic carbocycles. The van der Waals surface area contributed by atoms with Gasteiger partial charge in [0, 0.05) is 31.7 Å². The summed E-state index contributed by atoms with van der Waals surface area (Å²) in [5, 5.41) is 3.00. The highest BCUT2D eigenvalue weighted by Crippen LogP contribution is 2.24. The number of likely N-dealkylation sites (tertiary alicyclic amines) is 2. The first kappa shape index (κ1) is 17.6. The molecule has 6 nitrogen and oxygen atoms in total. The number of hydrogen-bond donors (Lipinski definition) is 1. The zero-order chi connectivity index (χ0) is 17.8. The van der Waals surface area contributed by atoms with E-state index in [1.807, 2.05) is 34.9 Å². The molecule has 2 aliphatic rings. The minimum absolute atomic E-state index is 0.0825. The molecule has 0 bridgehead atoms. The lowest BCUT2D eigenvalue weighted by molar-refractivity contribution is -0.128. The fourth-order valence-electron chi connectivity index (χ4n) is 3.76. The molecule has 0 radical (unpaired) electrons. The van der Waals surface area contributed by atoms with Gasteiger partial charge in [0.05, 0.1) is 13.2 Å². The largest absolute Gasteiger partial charge is 0.496 e. The maximum absolute atomic E-state index is 12.8. The lowest BCUT2D eigenvalue weighted by atomic mass is 10.0. The maximum atomic E-state index is 12.8. The van der Waals surface area contributed by atoms with E-state index < -0.39 is 0 Å². The number of anilines is 1. The van der Waals surface area contributed by atoms with Gasteiger partial charge < -0.3 is 19.9 Å². The Hall–Kier alpha value is -2.24. The van der Waals surface area contributed by atoms with Crippen LogP contribution in [0.25, 0.3) is 0 Å². The van der Waals surface area contributed by atoms with Gasteiger partial charge in [0.25, 0.3) is 0 Å². The van der Waals surface area contributed by atoms with Crippen molar-refractivity contribution in [1.29, 1.82) is 0 Å². The maximum Gasteiger partial charge on any atom is 0.322 e. The summed E-state index contributed by atoms with van der Waals surface area (Å²) in [4.78, 5) is 28.5. The summed E-state index contributed by atoms with van der Waals surface area (Å²) in [7, 11) is 1.64. The summed E-state index contributed by atoms with van der Waals surface area (Å²) in [6.45, 7) is 4.18. The molecule has 2 fully saturated rings. The van der Waals surface area contributed by atoms with Crippen LogP contribution in [0, 0.1) is 6.92 Å². The molecular formula is C19H27N3O3. The number of urea groups is 1. The fraction of sp³-hybridized carbons (Fsp3) is 0.579. The third-order valence-electron chi connectivity index (χ3n) is 5.14. The summed E-state index contributed by atoms with van der Waals surface area (Å²) in [5.41, 5.74) is 1.75. The van der Waals surface area contributed by atoms with E-state index >= 15 is 0 Å². The van der Waals surface area contributed by atoms with E-state index in [1.165, 1.54) is 0 Å². The second-order valence-corrected chi connectivity index (χ2v) is 6.90. The number of rotatable bonds is 4. The predicted octanol–water partition coefficient (Wildman–Crippen LogP) is 3.01. The molecule has 3 amide bonds. The normalized spacial score (nSPS) is 20.7. The third kappa shape index (κ3) is 4.06. The quantitative estimate of drug-likeness (QED) is 0.912. The smallest absolute Gasteiger partial charge is 0.322 e. The van der Waals surface area contributed by atoms with Crippen LogP contribution in [0.3, 0.4) is 0 Å². The van der Waals surface area contributed by atoms with E-state index in [2.05, 4.69) is 5.32 Å². The number of nitrogens with one attached hydrogen (secondary N) is 1. The van der Waals surface area contributed by atoms with E-state index in [-0.39, 0.29) is 18.0 Å². The molecule has 0 saturated carbocycles. The molecule has 0 unspecified atom stereocenters. The minimum Gasteiger partial charge on any atom is -0.496 e. The van der Waals surface area contributed by atoms with Crippen molar-refractivity contribution in [2.24, 2.45) is 0 Å². The molecule has 25 heavy (non-hydrogen) atoms. The number of nitrogens with zero attached hydrogens (tertiary/aromatic N) is 2. The van der Waals surface area contributed by atoms with Crippen LogP contribution in [0.2, 0.25) is 0 Å². The Morgan fingerprint density at radius 1 is 1.28 bits per heavy atom. The molecule has 1 aromatic rings. The average Bonchev–Trinajstić information content (AvgIpc) is 3.00. The Balaban J connectivity index is 1.66. The molecule has 1 N–H and O–H groups in total. The van der Waals surface area contributed by atoms with Crippen LogP contribution < -0.4 is 10.1 Å². The minimum atomic E-state index is -0.0825.